The summed E-state index contributed by atoms with van der Waals surface area (Å²) in [5, 5.41) is 25.9. The van der Waals surface area contributed by atoms with E-state index in [0.717, 1.165) is 6.42 Å². The predicted molar refractivity (Wildman–Crippen MR) is 276 cm³/mol. The van der Waals surface area contributed by atoms with Gasteiger partial charge in [0.15, 0.2) is 34.9 Å². The molecule has 0 aliphatic heterocycles. The molecular formula is C48H98N16O9+4. The molecule has 0 bridgehead atoms. The number of nitrogens with two attached hydrogens (primary N) is 2. The van der Waals surface area contributed by atoms with Crippen LogP contribution in [-0.4, -0.2) is 147 Å². The molecule has 0 aliphatic carbocycles. The summed E-state index contributed by atoms with van der Waals surface area (Å²) >= 11 is 0. The van der Waals surface area contributed by atoms with E-state index in [0.29, 0.717) is 71.1 Å². The number of Topliss-reactive ketones (excluding diaryl/α,β-unsaturated/α-hetero) is 5. The Kier molecular flexibility index (Phi) is 36.1. The van der Waals surface area contributed by atoms with Crippen LogP contribution in [0.4, 0.5) is 0 Å². The van der Waals surface area contributed by atoms with E-state index >= 15 is 0 Å². The summed E-state index contributed by atoms with van der Waals surface area (Å²) in [6, 6.07) is -3.36. The van der Waals surface area contributed by atoms with Crippen LogP contribution < -0.4 is 82.3 Å². The highest BCUT2D eigenvalue weighted by molar-refractivity contribution is 5.95. The van der Waals surface area contributed by atoms with Crippen molar-refractivity contribution in [2.24, 2.45) is 34.2 Å². The number of hydrogen-bond acceptors (Lipinski definition) is 15. The second-order valence-electron chi connectivity index (χ2n) is 19.4. The zero-order valence-corrected chi connectivity index (χ0v) is 45.4. The number of nitrogens with zero attached hydrogens (tertiary/aromatic N) is 1. The quantitative estimate of drug-likeness (QED) is 0.0117. The Morgan fingerprint density at radius 2 is 0.863 bits per heavy atom. The average molecular weight is 1040 g/mol. The molecule has 0 heterocycles. The third-order valence-corrected chi connectivity index (χ3v) is 11.9. The molecule has 0 aromatic rings. The third-order valence-electron chi connectivity index (χ3n) is 11.9. The van der Waals surface area contributed by atoms with Gasteiger partial charge in [0.05, 0.1) is 38.3 Å². The molecule has 8 unspecified atom stereocenters. The van der Waals surface area contributed by atoms with Crippen LogP contribution in [-0.2, 0) is 43.2 Å². The van der Waals surface area contributed by atoms with Crippen molar-refractivity contribution in [3.8, 4) is 0 Å². The fourth-order valence-electron chi connectivity index (χ4n) is 7.51. The molecule has 0 saturated heterocycles. The number of guanidine groups is 1. The van der Waals surface area contributed by atoms with E-state index in [4.69, 9.17) is 11.5 Å². The summed E-state index contributed by atoms with van der Waals surface area (Å²) < 4.78 is 0. The minimum Gasteiger partial charge on any atom is -0.370 e. The maximum atomic E-state index is 14.8. The van der Waals surface area contributed by atoms with Gasteiger partial charge < -0.3 is 55.7 Å². The largest absolute Gasteiger partial charge is 0.370 e. The molecule has 0 fully saturated rings. The number of aliphatic imine (C=N–C) groups is 1. The van der Waals surface area contributed by atoms with Crippen LogP contribution in [0.1, 0.15) is 138 Å². The Morgan fingerprint density at radius 3 is 1.30 bits per heavy atom. The molecule has 8 atom stereocenters. The number of carbonyl (C=O) groups is 9. The fourth-order valence-corrected chi connectivity index (χ4v) is 7.51. The van der Waals surface area contributed by atoms with Gasteiger partial charge in [-0.05, 0) is 83.6 Å². The lowest BCUT2D eigenvalue weighted by atomic mass is 10.0. The minimum absolute atomic E-state index is 0.0121. The number of carbonyl (C=O) groups excluding carboxylic acids is 9. The summed E-state index contributed by atoms with van der Waals surface area (Å²) in [4.78, 5) is 128. The predicted octanol–water partition coefficient (Wildman–Crippen LogP) is -5.70. The van der Waals surface area contributed by atoms with Crippen LogP contribution in [0.3, 0.4) is 0 Å². The average Bonchev–Trinajstić information content (AvgIpc) is 3.33. The Bertz CT molecular complexity index is 1750. The smallest absolute Gasteiger partial charge is 0.244 e. The van der Waals surface area contributed by atoms with Crippen LogP contribution in [0.2, 0.25) is 0 Å². The van der Waals surface area contributed by atoms with E-state index in [9.17, 15) is 43.2 Å². The standard InChI is InChI=1S/C48H94N16O9/c1-28(2)37(57-31(7)65)47(73)64-44(39(70)30(5)6)61-43(38(69)29(3)4)59-32(18-9-13-23-49)46(72)63-42(36(68)22-12-16-26-52)60-41(35(67)21-11-15-25-51)58-33(19-17-27-56-48(53)54)45(71)62-40(55-8)34(66)20-10-14-24-50/h28-30,32-33,37,40-44,55,58-61H,9-27,49-52H2,1-8H3,(H,57,65)(H,62,71)(H,63,72)(H,64,73)(H4,53,54,56)/p+4. The number of quaternary nitrogens is 4. The molecule has 0 rings (SSSR count). The number of ketones is 5. The lowest BCUT2D eigenvalue weighted by Crippen LogP contribution is -2.67. The van der Waals surface area contributed by atoms with Crippen molar-refractivity contribution in [1.29, 1.82) is 0 Å². The molecule has 4 amide bonds. The van der Waals surface area contributed by atoms with Crippen LogP contribution in [0.25, 0.3) is 0 Å². The van der Waals surface area contributed by atoms with Crippen molar-refractivity contribution in [1.82, 2.24) is 47.9 Å². The monoisotopic (exact) mass is 1040 g/mol. The van der Waals surface area contributed by atoms with E-state index in [1.165, 1.54) is 14.0 Å². The molecule has 0 aromatic heterocycles. The van der Waals surface area contributed by atoms with Crippen molar-refractivity contribution in [2.75, 3.05) is 39.8 Å². The first-order valence-electron chi connectivity index (χ1n) is 26.3. The van der Waals surface area contributed by atoms with Gasteiger partial charge in [0.1, 0.15) is 36.9 Å². The van der Waals surface area contributed by atoms with Crippen molar-refractivity contribution in [3.05, 3.63) is 0 Å². The van der Waals surface area contributed by atoms with Gasteiger partial charge in [0.25, 0.3) is 0 Å². The number of amides is 4. The van der Waals surface area contributed by atoms with Crippen molar-refractivity contribution in [3.63, 3.8) is 0 Å². The maximum absolute atomic E-state index is 14.8. The summed E-state index contributed by atoms with van der Waals surface area (Å²) in [6.45, 7) is 13.7. The molecule has 25 N–H and O–H groups in total. The number of likely N-dealkylation sites (N-methyl/N-ethyl adjacent to an activating group) is 1. The summed E-state index contributed by atoms with van der Waals surface area (Å²) in [5.74, 6) is -6.37. The molecule has 25 heteroatoms. The molecule has 0 aliphatic rings. The molecule has 0 spiro atoms. The van der Waals surface area contributed by atoms with E-state index in [1.54, 1.807) is 41.5 Å². The zero-order valence-electron chi connectivity index (χ0n) is 45.4. The van der Waals surface area contributed by atoms with Gasteiger partial charge >= 0.3 is 0 Å². The lowest BCUT2D eigenvalue weighted by Gasteiger charge is -2.33. The van der Waals surface area contributed by atoms with Gasteiger partial charge in [-0.1, -0.05) is 41.5 Å². The Labute approximate surface area is 432 Å². The van der Waals surface area contributed by atoms with E-state index in [1.807, 2.05) is 0 Å². The Hall–Kier alpha value is -4.86. The maximum Gasteiger partial charge on any atom is 0.244 e. The van der Waals surface area contributed by atoms with Gasteiger partial charge in [0, 0.05) is 44.6 Å². The zero-order chi connectivity index (χ0) is 55.6. The minimum atomic E-state index is -1.52. The van der Waals surface area contributed by atoms with Crippen LogP contribution in [0.5, 0.6) is 0 Å². The molecule has 420 valence electrons. The number of hydrogen-bond donors (Lipinski definition) is 15. The molecule has 25 nitrogen and oxygen atoms in total. The van der Waals surface area contributed by atoms with E-state index < -0.39 is 108 Å². The summed E-state index contributed by atoms with van der Waals surface area (Å²) in [7, 11) is 1.54. The summed E-state index contributed by atoms with van der Waals surface area (Å²) in [5.41, 5.74) is 26.6. The number of unbranched alkanes of at least 4 members (excludes halogenated alkanes) is 4. The van der Waals surface area contributed by atoms with Crippen molar-refractivity contribution >= 4 is 58.5 Å². The number of rotatable bonds is 44. The highest BCUT2D eigenvalue weighted by atomic mass is 16.2. The van der Waals surface area contributed by atoms with Gasteiger partial charge in [-0.25, -0.2) is 0 Å². The Morgan fingerprint density at radius 1 is 0.466 bits per heavy atom. The van der Waals surface area contributed by atoms with E-state index in [2.05, 4.69) is 75.8 Å². The topological polar surface area (TPSA) is 437 Å². The van der Waals surface area contributed by atoms with Crippen molar-refractivity contribution in [2.45, 2.75) is 187 Å². The van der Waals surface area contributed by atoms with Crippen LogP contribution in [0.15, 0.2) is 4.99 Å². The molecule has 0 saturated carbocycles. The molecule has 73 heavy (non-hydrogen) atoms. The van der Waals surface area contributed by atoms with Crippen LogP contribution >= 0.6 is 0 Å². The third kappa shape index (κ3) is 28.4. The molecule has 0 aromatic carbocycles. The number of nitrogens with one attached hydrogen (secondary N) is 9. The summed E-state index contributed by atoms with van der Waals surface area (Å²) in [6.07, 6.45) is -1.78. The highest BCUT2D eigenvalue weighted by Crippen LogP contribution is 2.12. The highest BCUT2D eigenvalue weighted by Gasteiger charge is 2.37. The van der Waals surface area contributed by atoms with Gasteiger partial charge in [-0.15, -0.1) is 0 Å². The molecular weight excluding hydrogens is 945 g/mol. The SMILES string of the molecule is CNC(NC(=O)C(CCCN=C(N)N)NC(NC(NC(=O)C(CCCC[NH3+])NC(NC(NC(=O)C(NC(C)=O)C(C)C)C(=O)C(C)C)C(=O)C(C)C)C(=O)CCCC[NH3+])C(=O)CCCC[NH3+])C(=O)CCCC[NH3+]. The van der Waals surface area contributed by atoms with E-state index in [-0.39, 0.29) is 62.7 Å². The van der Waals surface area contributed by atoms with Gasteiger partial charge in [0.2, 0.25) is 23.6 Å². The van der Waals surface area contributed by atoms with Crippen LogP contribution in [0, 0.1) is 17.8 Å². The lowest BCUT2D eigenvalue weighted by molar-refractivity contribution is -0.368. The fraction of sp³-hybridized carbons (Fsp3) is 0.792. The second-order valence-corrected chi connectivity index (χ2v) is 19.4. The van der Waals surface area contributed by atoms with Gasteiger partial charge in [-0.2, -0.15) is 0 Å². The van der Waals surface area contributed by atoms with Gasteiger partial charge in [-0.3, -0.25) is 74.7 Å². The second kappa shape index (κ2) is 38.7. The van der Waals surface area contributed by atoms with Crippen molar-refractivity contribution < 1.29 is 66.1 Å². The Balaban J connectivity index is 7.50. The first-order valence-corrected chi connectivity index (χ1v) is 26.3. The normalized spacial score (nSPS) is 14.8. The first-order chi connectivity index (χ1) is 34.5. The first kappa shape index (κ1) is 68.1. The molecule has 0 radical (unpaired) electrons.